The van der Waals surface area contributed by atoms with Gasteiger partial charge in [-0.15, -0.1) is 0 Å². The van der Waals surface area contributed by atoms with Crippen molar-refractivity contribution in [1.29, 1.82) is 0 Å². The van der Waals surface area contributed by atoms with Gasteiger partial charge in [0.15, 0.2) is 5.79 Å². The Morgan fingerprint density at radius 2 is 2.31 bits per heavy atom. The number of nitrogens with one attached hydrogen (secondary N) is 1. The first-order valence-electron chi connectivity index (χ1n) is 5.08. The lowest BCUT2D eigenvalue weighted by Gasteiger charge is -2.17. The van der Waals surface area contributed by atoms with Crippen molar-refractivity contribution in [3.63, 3.8) is 0 Å². The van der Waals surface area contributed by atoms with E-state index >= 15 is 0 Å². The van der Waals surface area contributed by atoms with Gasteiger partial charge in [0.1, 0.15) is 6.10 Å². The molecule has 0 spiro atoms. The molecule has 1 fully saturated rings. The van der Waals surface area contributed by atoms with E-state index in [1.807, 2.05) is 13.8 Å². The molecule has 1 atom stereocenters. The van der Waals surface area contributed by atoms with Crippen molar-refractivity contribution in [2.75, 3.05) is 6.61 Å². The summed E-state index contributed by atoms with van der Waals surface area (Å²) < 4.78 is 12.3. The zero-order valence-electron chi connectivity index (χ0n) is 9.23. The smallest absolute Gasteiger partial charge is 0.328 e. The molecule has 0 amide bonds. The van der Waals surface area contributed by atoms with Crippen molar-refractivity contribution < 1.29 is 9.47 Å². The van der Waals surface area contributed by atoms with E-state index in [0.29, 0.717) is 13.2 Å². The minimum atomic E-state index is -0.601. The molecule has 1 aromatic rings. The lowest BCUT2D eigenvalue weighted by atomic mass is 10.3. The van der Waals surface area contributed by atoms with Gasteiger partial charge < -0.3 is 9.47 Å². The number of hydrogen-bond acceptors (Lipinski definition) is 4. The van der Waals surface area contributed by atoms with Crippen LogP contribution in [0, 0.1) is 0 Å². The lowest BCUT2D eigenvalue weighted by molar-refractivity contribution is -0.139. The van der Waals surface area contributed by atoms with Crippen molar-refractivity contribution >= 4 is 0 Å². The van der Waals surface area contributed by atoms with Gasteiger partial charge in [-0.2, -0.15) is 0 Å². The topological polar surface area (TPSA) is 73.3 Å². The molecule has 1 saturated heterocycles. The number of H-pyrrole nitrogens is 1. The van der Waals surface area contributed by atoms with Gasteiger partial charge in [-0.1, -0.05) is 0 Å². The maximum Gasteiger partial charge on any atom is 0.328 e. The quantitative estimate of drug-likeness (QED) is 0.750. The fourth-order valence-corrected chi connectivity index (χ4v) is 1.66. The highest BCUT2D eigenvalue weighted by molar-refractivity contribution is 4.84. The Morgan fingerprint density at radius 1 is 1.56 bits per heavy atom. The fourth-order valence-electron chi connectivity index (χ4n) is 1.66. The summed E-state index contributed by atoms with van der Waals surface area (Å²) in [6.07, 6.45) is 1.29. The van der Waals surface area contributed by atoms with Crippen LogP contribution < -0.4 is 11.2 Å². The summed E-state index contributed by atoms with van der Waals surface area (Å²) in [5.74, 6) is -0.601. The molecule has 1 aliphatic rings. The third-order valence-electron chi connectivity index (χ3n) is 2.36. The SMILES string of the molecule is CC1(C)OC[C@@H](Cn2ccc(=O)[nH]c2=O)O1. The molecule has 0 unspecified atom stereocenters. The standard InChI is InChI=1S/C10H14N2O4/c1-10(2)15-6-7(16-10)5-12-4-3-8(13)11-9(12)14/h3-4,7H,5-6H2,1-2H3,(H,11,13,14)/t7-/m1/s1. The molecule has 0 radical (unpaired) electrons. The molecule has 88 valence electrons. The second-order valence-corrected chi connectivity index (χ2v) is 4.21. The molecule has 1 aromatic heterocycles. The van der Waals surface area contributed by atoms with Gasteiger partial charge in [0, 0.05) is 12.3 Å². The van der Waals surface area contributed by atoms with Crippen LogP contribution in [0.2, 0.25) is 0 Å². The van der Waals surface area contributed by atoms with E-state index in [9.17, 15) is 9.59 Å². The predicted molar refractivity (Wildman–Crippen MR) is 56.2 cm³/mol. The molecule has 16 heavy (non-hydrogen) atoms. The van der Waals surface area contributed by atoms with Crippen molar-refractivity contribution in [2.24, 2.45) is 0 Å². The number of nitrogens with zero attached hydrogens (tertiary/aromatic N) is 1. The molecule has 0 bridgehead atoms. The summed E-state index contributed by atoms with van der Waals surface area (Å²) in [5.41, 5.74) is -0.828. The van der Waals surface area contributed by atoms with Crippen LogP contribution in [-0.2, 0) is 16.0 Å². The van der Waals surface area contributed by atoms with Crippen LogP contribution in [-0.4, -0.2) is 28.0 Å². The Balaban J connectivity index is 2.11. The van der Waals surface area contributed by atoms with Gasteiger partial charge in [-0.25, -0.2) is 4.79 Å². The second kappa shape index (κ2) is 3.88. The first-order chi connectivity index (χ1) is 7.46. The highest BCUT2D eigenvalue weighted by Crippen LogP contribution is 2.22. The Bertz CT molecular complexity index is 488. The van der Waals surface area contributed by atoms with Crippen LogP contribution >= 0.6 is 0 Å². The maximum absolute atomic E-state index is 11.4. The fraction of sp³-hybridized carbons (Fsp3) is 0.600. The van der Waals surface area contributed by atoms with E-state index < -0.39 is 17.0 Å². The average Bonchev–Trinajstić information content (AvgIpc) is 2.51. The molecule has 2 rings (SSSR count). The molecular weight excluding hydrogens is 212 g/mol. The third kappa shape index (κ3) is 2.40. The Kier molecular flexibility index (Phi) is 2.69. The molecule has 6 heteroatoms. The summed E-state index contributed by atoms with van der Waals surface area (Å²) >= 11 is 0. The highest BCUT2D eigenvalue weighted by atomic mass is 16.7. The van der Waals surface area contributed by atoms with Crippen molar-refractivity contribution in [2.45, 2.75) is 32.3 Å². The van der Waals surface area contributed by atoms with Crippen molar-refractivity contribution in [3.05, 3.63) is 33.1 Å². The number of aromatic nitrogens is 2. The largest absolute Gasteiger partial charge is 0.348 e. The van der Waals surface area contributed by atoms with Crippen LogP contribution in [0.25, 0.3) is 0 Å². The minimum absolute atomic E-state index is 0.168. The predicted octanol–water partition coefficient (Wildman–Crippen LogP) is -0.312. The van der Waals surface area contributed by atoms with Gasteiger partial charge in [0.05, 0.1) is 13.2 Å². The summed E-state index contributed by atoms with van der Waals surface area (Å²) in [6.45, 7) is 4.46. The van der Waals surface area contributed by atoms with E-state index in [0.717, 1.165) is 0 Å². The van der Waals surface area contributed by atoms with E-state index in [1.54, 1.807) is 0 Å². The lowest BCUT2D eigenvalue weighted by Crippen LogP contribution is -2.33. The van der Waals surface area contributed by atoms with Gasteiger partial charge in [-0.3, -0.25) is 14.3 Å². The van der Waals surface area contributed by atoms with Gasteiger partial charge in [0.25, 0.3) is 5.56 Å². The normalized spacial score (nSPS) is 23.5. The Hall–Kier alpha value is -1.40. The number of aromatic amines is 1. The summed E-state index contributed by atoms with van der Waals surface area (Å²) in [4.78, 5) is 24.4. The van der Waals surface area contributed by atoms with Crippen LogP contribution in [0.4, 0.5) is 0 Å². The number of ether oxygens (including phenoxy) is 2. The summed E-state index contributed by atoms with van der Waals surface area (Å²) in [6, 6.07) is 1.31. The first-order valence-corrected chi connectivity index (χ1v) is 5.08. The van der Waals surface area contributed by atoms with Gasteiger partial charge in [0.2, 0.25) is 0 Å². The zero-order chi connectivity index (χ0) is 11.8. The van der Waals surface area contributed by atoms with E-state index in [-0.39, 0.29) is 6.10 Å². The van der Waals surface area contributed by atoms with E-state index in [4.69, 9.17) is 9.47 Å². The van der Waals surface area contributed by atoms with Gasteiger partial charge in [-0.05, 0) is 13.8 Å². The van der Waals surface area contributed by atoms with Crippen LogP contribution in [0.15, 0.2) is 21.9 Å². The average molecular weight is 226 g/mol. The molecule has 2 heterocycles. The van der Waals surface area contributed by atoms with E-state index in [1.165, 1.54) is 16.8 Å². The molecular formula is C10H14N2O4. The van der Waals surface area contributed by atoms with Gasteiger partial charge >= 0.3 is 5.69 Å². The third-order valence-corrected chi connectivity index (χ3v) is 2.36. The summed E-state index contributed by atoms with van der Waals surface area (Å²) in [7, 11) is 0. The maximum atomic E-state index is 11.4. The Labute approximate surface area is 91.8 Å². The number of hydrogen-bond donors (Lipinski definition) is 1. The zero-order valence-corrected chi connectivity index (χ0v) is 9.23. The van der Waals surface area contributed by atoms with Crippen LogP contribution in [0.3, 0.4) is 0 Å². The van der Waals surface area contributed by atoms with Crippen molar-refractivity contribution in [1.82, 2.24) is 9.55 Å². The molecule has 6 nitrogen and oxygen atoms in total. The molecule has 1 aliphatic heterocycles. The molecule has 1 N–H and O–H groups in total. The number of rotatable bonds is 2. The van der Waals surface area contributed by atoms with Crippen molar-refractivity contribution in [3.8, 4) is 0 Å². The monoisotopic (exact) mass is 226 g/mol. The highest BCUT2D eigenvalue weighted by Gasteiger charge is 2.32. The summed E-state index contributed by atoms with van der Waals surface area (Å²) in [5, 5.41) is 0. The van der Waals surface area contributed by atoms with Crippen LogP contribution in [0.5, 0.6) is 0 Å². The Morgan fingerprint density at radius 3 is 2.88 bits per heavy atom. The molecule has 0 aliphatic carbocycles. The second-order valence-electron chi connectivity index (χ2n) is 4.21. The van der Waals surface area contributed by atoms with Crippen LogP contribution in [0.1, 0.15) is 13.8 Å². The first kappa shape index (κ1) is 11.1. The van der Waals surface area contributed by atoms with E-state index in [2.05, 4.69) is 4.98 Å². The molecule has 0 aromatic carbocycles. The molecule has 0 saturated carbocycles. The minimum Gasteiger partial charge on any atom is -0.348 e.